The van der Waals surface area contributed by atoms with Gasteiger partial charge in [-0.25, -0.2) is 4.98 Å². The molecule has 0 amide bonds. The molecular weight excluding hydrogens is 186 g/mol. The molecule has 73 valence electrons. The highest BCUT2D eigenvalue weighted by Crippen LogP contribution is 2.15. The van der Waals surface area contributed by atoms with E-state index in [9.17, 15) is 0 Å². The Morgan fingerprint density at radius 1 is 1.40 bits per heavy atom. The van der Waals surface area contributed by atoms with E-state index >= 15 is 0 Å². The van der Waals surface area contributed by atoms with Crippen LogP contribution in [0.5, 0.6) is 0 Å². The minimum atomic E-state index is 0.778. The van der Waals surface area contributed by atoms with Crippen LogP contribution >= 0.6 is 0 Å². The van der Waals surface area contributed by atoms with Crippen LogP contribution in [-0.2, 0) is 6.54 Å². The van der Waals surface area contributed by atoms with Crippen LogP contribution in [0.1, 0.15) is 5.82 Å². The normalized spacial score (nSPS) is 10.9. The highest BCUT2D eigenvalue weighted by molar-refractivity contribution is 5.79. The number of nitrogens with zero attached hydrogens (tertiary/aromatic N) is 2. The Bertz CT molecular complexity index is 563. The van der Waals surface area contributed by atoms with Gasteiger partial charge in [-0.05, 0) is 24.3 Å². The first kappa shape index (κ1) is 8.29. The summed E-state index contributed by atoms with van der Waals surface area (Å²) in [4.78, 5) is 7.31. The van der Waals surface area contributed by atoms with Crippen LogP contribution in [0.2, 0.25) is 0 Å². The maximum Gasteiger partial charge on any atom is 0.126 e. The second-order valence-electron chi connectivity index (χ2n) is 3.46. The van der Waals surface area contributed by atoms with E-state index in [4.69, 9.17) is 0 Å². The van der Waals surface area contributed by atoms with Crippen molar-refractivity contribution in [2.45, 2.75) is 6.54 Å². The molecule has 0 fully saturated rings. The molecule has 1 aromatic carbocycles. The van der Waals surface area contributed by atoms with Gasteiger partial charge in [-0.3, -0.25) is 0 Å². The number of benzene rings is 1. The molecule has 0 saturated carbocycles. The number of rotatable bonds is 2. The Morgan fingerprint density at radius 3 is 3.27 bits per heavy atom. The fourth-order valence-corrected chi connectivity index (χ4v) is 1.76. The molecule has 15 heavy (non-hydrogen) atoms. The van der Waals surface area contributed by atoms with Crippen molar-refractivity contribution >= 4 is 10.9 Å². The number of hydrogen-bond acceptors (Lipinski definition) is 1. The molecule has 3 rings (SSSR count). The van der Waals surface area contributed by atoms with E-state index in [2.05, 4.69) is 38.9 Å². The molecule has 0 unspecified atom stereocenters. The van der Waals surface area contributed by atoms with Gasteiger partial charge in [0.25, 0.3) is 0 Å². The SMILES string of the molecule is [c]1ccc2c(c1)ccn2Cc1ncc[nH]1. The lowest BCUT2D eigenvalue weighted by molar-refractivity contribution is 0.787. The van der Waals surface area contributed by atoms with E-state index in [1.165, 1.54) is 10.9 Å². The molecule has 0 aliphatic heterocycles. The zero-order chi connectivity index (χ0) is 10.1. The van der Waals surface area contributed by atoms with Crippen LogP contribution in [0, 0.1) is 6.07 Å². The summed E-state index contributed by atoms with van der Waals surface area (Å²) < 4.78 is 2.17. The van der Waals surface area contributed by atoms with E-state index in [0.29, 0.717) is 0 Å². The van der Waals surface area contributed by atoms with E-state index in [1.807, 2.05) is 18.3 Å². The summed E-state index contributed by atoms with van der Waals surface area (Å²) in [5.41, 5.74) is 1.21. The molecular formula is C12H10N3. The fraction of sp³-hybridized carbons (Fsp3) is 0.0833. The number of H-pyrrole nitrogens is 1. The molecule has 0 aliphatic carbocycles. The largest absolute Gasteiger partial charge is 0.347 e. The van der Waals surface area contributed by atoms with Gasteiger partial charge in [0.05, 0.1) is 6.54 Å². The molecule has 0 saturated heterocycles. The smallest absolute Gasteiger partial charge is 0.126 e. The molecule has 3 aromatic rings. The lowest BCUT2D eigenvalue weighted by Gasteiger charge is -2.01. The van der Waals surface area contributed by atoms with E-state index in [-0.39, 0.29) is 0 Å². The van der Waals surface area contributed by atoms with Crippen molar-refractivity contribution in [3.05, 3.63) is 54.7 Å². The van der Waals surface area contributed by atoms with Crippen molar-refractivity contribution in [2.75, 3.05) is 0 Å². The van der Waals surface area contributed by atoms with Crippen LogP contribution in [0.15, 0.2) is 42.9 Å². The molecule has 0 aliphatic rings. The Morgan fingerprint density at radius 2 is 2.40 bits per heavy atom. The summed E-state index contributed by atoms with van der Waals surface area (Å²) >= 11 is 0. The number of hydrogen-bond donors (Lipinski definition) is 1. The van der Waals surface area contributed by atoms with Crippen LogP contribution in [-0.4, -0.2) is 14.5 Å². The average Bonchev–Trinajstić information content (AvgIpc) is 2.89. The van der Waals surface area contributed by atoms with Crippen LogP contribution in [0.25, 0.3) is 10.9 Å². The quantitative estimate of drug-likeness (QED) is 0.669. The van der Waals surface area contributed by atoms with Gasteiger partial charge >= 0.3 is 0 Å². The van der Waals surface area contributed by atoms with Crippen molar-refractivity contribution in [1.82, 2.24) is 14.5 Å². The summed E-state index contributed by atoms with van der Waals surface area (Å²) in [6.45, 7) is 0.778. The topological polar surface area (TPSA) is 33.6 Å². The summed E-state index contributed by atoms with van der Waals surface area (Å²) in [7, 11) is 0. The van der Waals surface area contributed by atoms with Gasteiger partial charge in [0.2, 0.25) is 0 Å². The third-order valence-corrected chi connectivity index (χ3v) is 2.49. The number of aromatic nitrogens is 3. The number of nitrogens with one attached hydrogen (secondary N) is 1. The molecule has 0 atom stereocenters. The second kappa shape index (κ2) is 3.28. The van der Waals surface area contributed by atoms with Crippen molar-refractivity contribution in [3.63, 3.8) is 0 Å². The molecule has 3 nitrogen and oxygen atoms in total. The van der Waals surface area contributed by atoms with Crippen LogP contribution in [0.3, 0.4) is 0 Å². The lowest BCUT2D eigenvalue weighted by Crippen LogP contribution is -1.99. The summed E-state index contributed by atoms with van der Waals surface area (Å²) in [6.07, 6.45) is 5.69. The Kier molecular flexibility index (Phi) is 1.81. The van der Waals surface area contributed by atoms with Crippen LogP contribution < -0.4 is 0 Å². The predicted molar refractivity (Wildman–Crippen MR) is 58.5 cm³/mol. The van der Waals surface area contributed by atoms with Gasteiger partial charge in [-0.15, -0.1) is 0 Å². The lowest BCUT2D eigenvalue weighted by atomic mass is 10.2. The molecule has 0 spiro atoms. The molecule has 1 radical (unpaired) electrons. The molecule has 0 bridgehead atoms. The number of fused-ring (bicyclic) bond motifs is 1. The van der Waals surface area contributed by atoms with Gasteiger partial charge in [-0.1, -0.05) is 6.07 Å². The highest BCUT2D eigenvalue weighted by Gasteiger charge is 2.01. The first-order valence-corrected chi connectivity index (χ1v) is 4.87. The van der Waals surface area contributed by atoms with Gasteiger partial charge in [0.1, 0.15) is 5.82 Å². The standard InChI is InChI=1S/C12H10N3/c1-2-4-11-10(3-1)5-8-15(11)9-12-13-6-7-14-12/h2-8H,9H2,(H,13,14). The summed E-state index contributed by atoms with van der Waals surface area (Å²) in [6, 6.07) is 11.2. The van der Waals surface area contributed by atoms with Gasteiger partial charge in [0.15, 0.2) is 0 Å². The third kappa shape index (κ3) is 1.42. The average molecular weight is 196 g/mol. The molecule has 3 heteroatoms. The van der Waals surface area contributed by atoms with Gasteiger partial charge in [0, 0.05) is 29.5 Å². The van der Waals surface area contributed by atoms with Crippen molar-refractivity contribution in [1.29, 1.82) is 0 Å². The van der Waals surface area contributed by atoms with E-state index in [1.54, 1.807) is 6.20 Å². The first-order valence-electron chi connectivity index (χ1n) is 4.87. The first-order chi connectivity index (χ1) is 7.43. The summed E-state index contributed by atoms with van der Waals surface area (Å²) in [5.74, 6) is 0.973. The Balaban J connectivity index is 2.05. The summed E-state index contributed by atoms with van der Waals surface area (Å²) in [5, 5.41) is 1.21. The van der Waals surface area contributed by atoms with Crippen molar-refractivity contribution in [3.8, 4) is 0 Å². The molecule has 2 heterocycles. The molecule has 1 N–H and O–H groups in total. The zero-order valence-corrected chi connectivity index (χ0v) is 8.14. The maximum absolute atomic E-state index is 4.21. The Labute approximate surface area is 87.4 Å². The van der Waals surface area contributed by atoms with Crippen molar-refractivity contribution < 1.29 is 0 Å². The Hall–Kier alpha value is -2.03. The zero-order valence-electron chi connectivity index (χ0n) is 8.14. The minimum absolute atomic E-state index is 0.778. The van der Waals surface area contributed by atoms with Crippen molar-refractivity contribution in [2.24, 2.45) is 0 Å². The third-order valence-electron chi connectivity index (χ3n) is 2.49. The van der Waals surface area contributed by atoms with E-state index in [0.717, 1.165) is 12.4 Å². The number of aromatic amines is 1. The van der Waals surface area contributed by atoms with E-state index < -0.39 is 0 Å². The van der Waals surface area contributed by atoms with Crippen LogP contribution in [0.4, 0.5) is 0 Å². The fourth-order valence-electron chi connectivity index (χ4n) is 1.76. The highest BCUT2D eigenvalue weighted by atomic mass is 15.0. The number of imidazole rings is 1. The van der Waals surface area contributed by atoms with Gasteiger partial charge in [-0.2, -0.15) is 0 Å². The second-order valence-corrected chi connectivity index (χ2v) is 3.46. The predicted octanol–water partition coefficient (Wildman–Crippen LogP) is 2.21. The molecule has 2 aromatic heterocycles. The van der Waals surface area contributed by atoms with Gasteiger partial charge < -0.3 is 9.55 Å². The minimum Gasteiger partial charge on any atom is -0.347 e. The maximum atomic E-state index is 4.21. The monoisotopic (exact) mass is 196 g/mol.